The van der Waals surface area contributed by atoms with Gasteiger partial charge in [-0.3, -0.25) is 9.97 Å². The third kappa shape index (κ3) is 6.28. The maximum atomic E-state index is 10.9. The van der Waals surface area contributed by atoms with Crippen molar-refractivity contribution < 1.29 is 30.6 Å². The molecule has 8 rings (SSSR count). The van der Waals surface area contributed by atoms with Crippen molar-refractivity contribution in [1.29, 1.82) is 0 Å². The summed E-state index contributed by atoms with van der Waals surface area (Å²) in [5.41, 5.74) is 8.96. The zero-order chi connectivity index (χ0) is 32.8. The number of benzene rings is 5. The molecular weight excluding hydrogens is 808 g/mol. The summed E-state index contributed by atoms with van der Waals surface area (Å²) in [6.45, 7) is 6.22. The molecule has 8 aromatic rings. The second kappa shape index (κ2) is 13.4. The molecule has 0 spiro atoms. The summed E-state index contributed by atoms with van der Waals surface area (Å²) >= 11 is 1.52. The Morgan fingerprint density at radius 3 is 2.16 bits per heavy atom. The van der Waals surface area contributed by atoms with Crippen molar-refractivity contribution in [3.8, 4) is 51.0 Å². The fourth-order valence-electron chi connectivity index (χ4n) is 6.29. The van der Waals surface area contributed by atoms with Crippen molar-refractivity contribution in [2.45, 2.75) is 30.7 Å². The predicted octanol–water partition coefficient (Wildman–Crippen LogP) is 10.4. The number of fused-ring (bicyclic) bond motifs is 3. The number of phenolic OH excluding ortho intramolecular Hbond substituents is 1. The van der Waals surface area contributed by atoms with Gasteiger partial charge in [-0.05, 0) is 62.2 Å². The van der Waals surface area contributed by atoms with E-state index < -0.39 is 0 Å². The molecule has 0 fully saturated rings. The summed E-state index contributed by atoms with van der Waals surface area (Å²) < 4.78 is 6.45. The number of aromatic nitrogens is 4. The van der Waals surface area contributed by atoms with Crippen molar-refractivity contribution in [1.82, 2.24) is 19.9 Å². The minimum Gasteiger partial charge on any atom is -0.507 e. The van der Waals surface area contributed by atoms with Crippen LogP contribution in [0.15, 0.2) is 130 Å². The minimum atomic E-state index is 0. The average molecular weight is 837 g/mol. The Balaban J connectivity index is 0.00000378. The topological polar surface area (TPSA) is 84.9 Å². The van der Waals surface area contributed by atoms with Crippen LogP contribution in [0.5, 0.6) is 5.75 Å². The van der Waals surface area contributed by atoms with E-state index in [1.165, 1.54) is 17.3 Å². The van der Waals surface area contributed by atoms with Gasteiger partial charge in [-0.25, -0.2) is 9.97 Å². The number of nitrogens with zero attached hydrogens (tertiary/aromatic N) is 4. The number of furan rings is 1. The Morgan fingerprint density at radius 2 is 1.37 bits per heavy atom. The quantitative estimate of drug-likeness (QED) is 0.167. The largest absolute Gasteiger partial charge is 0.507 e. The Kier molecular flexibility index (Phi) is 8.89. The van der Waals surface area contributed by atoms with E-state index >= 15 is 0 Å². The molecule has 1 N–H and O–H groups in total. The van der Waals surface area contributed by atoms with Crippen LogP contribution in [-0.4, -0.2) is 25.0 Å². The molecule has 0 aliphatic rings. The van der Waals surface area contributed by atoms with E-state index in [1.807, 2.05) is 54.6 Å². The van der Waals surface area contributed by atoms with Crippen LogP contribution in [0.4, 0.5) is 0 Å². The van der Waals surface area contributed by atoms with Gasteiger partial charge in [-0.2, -0.15) is 0 Å². The standard InChI is InChI=1S/C41H29N4O2S.Pt/c1-24-19-25(2)37(26(3)20-24)41-44-39(43-40(45-41)33-12-4-6-15-34(33)46)28-21-27(22-29(23-28)48-36-17-8-9-18-42-36)30-13-10-14-32-31-11-5-7-16-35(31)47-38(30)32;/h4-22,46H,1-3H3;/q-1;. The van der Waals surface area contributed by atoms with Crippen LogP contribution in [0.2, 0.25) is 0 Å². The predicted molar refractivity (Wildman–Crippen MR) is 192 cm³/mol. The van der Waals surface area contributed by atoms with E-state index in [4.69, 9.17) is 19.4 Å². The van der Waals surface area contributed by atoms with E-state index in [9.17, 15) is 5.11 Å². The molecular formula is C41H29N4O2PtS-. The maximum Gasteiger partial charge on any atom is 0.158 e. The van der Waals surface area contributed by atoms with Crippen LogP contribution in [0.25, 0.3) is 67.2 Å². The summed E-state index contributed by atoms with van der Waals surface area (Å²) in [4.78, 5) is 20.4. The second-order valence-electron chi connectivity index (χ2n) is 11.8. The summed E-state index contributed by atoms with van der Waals surface area (Å²) in [5, 5.41) is 13.8. The zero-order valence-corrected chi connectivity index (χ0v) is 29.9. The molecule has 0 saturated carbocycles. The van der Waals surface area contributed by atoms with Gasteiger partial charge in [0.1, 0.15) is 16.9 Å². The summed E-state index contributed by atoms with van der Waals surface area (Å²) in [7, 11) is 0. The van der Waals surface area contributed by atoms with Crippen molar-refractivity contribution in [2.24, 2.45) is 0 Å². The number of aromatic hydroxyl groups is 1. The molecule has 0 atom stereocenters. The molecule has 5 aromatic carbocycles. The third-order valence-electron chi connectivity index (χ3n) is 8.33. The van der Waals surface area contributed by atoms with Crippen molar-refractivity contribution >= 4 is 33.7 Å². The van der Waals surface area contributed by atoms with Gasteiger partial charge in [0.25, 0.3) is 0 Å². The normalized spacial score (nSPS) is 11.2. The number of hydrogen-bond donors (Lipinski definition) is 1. The van der Waals surface area contributed by atoms with Gasteiger partial charge in [0.05, 0.1) is 16.4 Å². The molecule has 3 heterocycles. The molecule has 0 aliphatic heterocycles. The maximum absolute atomic E-state index is 10.9. The number of hydrogen-bond acceptors (Lipinski definition) is 7. The Morgan fingerprint density at radius 1 is 0.673 bits per heavy atom. The van der Waals surface area contributed by atoms with Crippen LogP contribution in [0.3, 0.4) is 0 Å². The van der Waals surface area contributed by atoms with Gasteiger partial charge in [0.15, 0.2) is 11.6 Å². The number of para-hydroxylation sites is 3. The molecule has 0 aliphatic carbocycles. The number of phenols is 1. The van der Waals surface area contributed by atoms with E-state index in [-0.39, 0.29) is 26.8 Å². The molecule has 0 unspecified atom stereocenters. The van der Waals surface area contributed by atoms with Crippen LogP contribution in [-0.2, 0) is 21.1 Å². The molecule has 49 heavy (non-hydrogen) atoms. The minimum absolute atomic E-state index is 0. The van der Waals surface area contributed by atoms with E-state index in [1.54, 1.807) is 18.3 Å². The van der Waals surface area contributed by atoms with E-state index in [0.717, 1.165) is 59.7 Å². The Labute approximate surface area is 302 Å². The fraction of sp³-hybridized carbons (Fsp3) is 0.0732. The molecule has 0 saturated heterocycles. The van der Waals surface area contributed by atoms with Gasteiger partial charge in [0, 0.05) is 49.2 Å². The number of pyridine rings is 1. The monoisotopic (exact) mass is 836 g/mol. The van der Waals surface area contributed by atoms with Gasteiger partial charge in [-0.1, -0.05) is 94.5 Å². The van der Waals surface area contributed by atoms with Crippen LogP contribution in [0, 0.1) is 26.8 Å². The third-order valence-corrected chi connectivity index (χ3v) is 9.22. The van der Waals surface area contributed by atoms with E-state index in [2.05, 4.69) is 74.3 Å². The van der Waals surface area contributed by atoms with Gasteiger partial charge < -0.3 is 9.52 Å². The number of rotatable bonds is 6. The summed E-state index contributed by atoms with van der Waals surface area (Å²) in [6, 6.07) is 39.3. The smallest absolute Gasteiger partial charge is 0.158 e. The van der Waals surface area contributed by atoms with Crippen molar-refractivity contribution in [2.75, 3.05) is 0 Å². The summed E-state index contributed by atoms with van der Waals surface area (Å²) in [5.74, 6) is 1.45. The van der Waals surface area contributed by atoms with Crippen LogP contribution < -0.4 is 0 Å². The summed E-state index contributed by atoms with van der Waals surface area (Å²) in [6.07, 6.45) is 1.78. The van der Waals surface area contributed by atoms with Crippen molar-refractivity contribution in [3.05, 3.63) is 138 Å². The first kappa shape index (κ1) is 32.4. The Hall–Kier alpha value is -5.10. The molecule has 0 radical (unpaired) electrons. The van der Waals surface area contributed by atoms with Gasteiger partial charge >= 0.3 is 0 Å². The fourth-order valence-corrected chi connectivity index (χ4v) is 7.13. The van der Waals surface area contributed by atoms with Crippen LogP contribution in [0.1, 0.15) is 16.7 Å². The molecule has 0 bridgehead atoms. The molecule has 0 amide bonds. The van der Waals surface area contributed by atoms with Gasteiger partial charge in [0.2, 0.25) is 0 Å². The van der Waals surface area contributed by atoms with Gasteiger partial charge in [-0.15, -0.1) is 23.8 Å². The SMILES string of the molecule is Cc1cc(C)c(-c2nc(-c3[c-]c(Sc4ccccn4)cc(-c4cccc5c4oc4ccccc45)c3)nc(-c3ccccc3O)n2)c(C)c1.[Pt]. The zero-order valence-electron chi connectivity index (χ0n) is 26.8. The van der Waals surface area contributed by atoms with E-state index in [0.29, 0.717) is 28.6 Å². The average Bonchev–Trinajstić information content (AvgIpc) is 3.47. The first-order chi connectivity index (χ1) is 23.4. The first-order valence-electron chi connectivity index (χ1n) is 15.6. The van der Waals surface area contributed by atoms with Crippen LogP contribution >= 0.6 is 11.8 Å². The molecule has 6 nitrogen and oxygen atoms in total. The Bertz CT molecular complexity index is 2470. The molecule has 242 valence electrons. The van der Waals surface area contributed by atoms with Crippen molar-refractivity contribution in [3.63, 3.8) is 0 Å². The second-order valence-corrected chi connectivity index (χ2v) is 12.9. The molecule has 3 aromatic heterocycles. The number of aryl methyl sites for hydroxylation is 3. The molecule has 8 heteroatoms. The first-order valence-corrected chi connectivity index (χ1v) is 16.4.